The van der Waals surface area contributed by atoms with Gasteiger partial charge in [-0.1, -0.05) is 71.5 Å². The van der Waals surface area contributed by atoms with Crippen LogP contribution in [0.4, 0.5) is 0 Å². The molecular weight excluding hydrogens is 172 g/mol. The van der Waals surface area contributed by atoms with E-state index < -0.39 is 0 Å². The summed E-state index contributed by atoms with van der Waals surface area (Å²) in [5, 5.41) is 0. The fraction of sp³-hybridized carbons (Fsp3) is 1.00. The molecule has 0 rings (SSSR count). The van der Waals surface area contributed by atoms with Crippen molar-refractivity contribution in [3.63, 3.8) is 0 Å². The molecule has 0 saturated heterocycles. The first-order valence-electron chi connectivity index (χ1n) is 6.04. The van der Waals surface area contributed by atoms with Gasteiger partial charge in [0, 0.05) is 8.80 Å². The van der Waals surface area contributed by atoms with Gasteiger partial charge in [-0.15, -0.1) is 0 Å². The molecule has 0 fully saturated rings. The molecule has 0 aliphatic carbocycles. The molecule has 13 heavy (non-hydrogen) atoms. The third-order valence-electron chi connectivity index (χ3n) is 2.81. The summed E-state index contributed by atoms with van der Waals surface area (Å²) >= 11 is 0. The Bertz CT molecular complexity index is 95.3. The highest BCUT2D eigenvalue weighted by Gasteiger charge is 2.04. The van der Waals surface area contributed by atoms with Gasteiger partial charge in [-0.25, -0.2) is 0 Å². The van der Waals surface area contributed by atoms with Crippen molar-refractivity contribution in [2.24, 2.45) is 5.92 Å². The van der Waals surface area contributed by atoms with Crippen LogP contribution < -0.4 is 0 Å². The average Bonchev–Trinajstić information content (AvgIpc) is 2.11. The lowest BCUT2D eigenvalue weighted by Crippen LogP contribution is -2.07. The topological polar surface area (TPSA) is 0 Å². The van der Waals surface area contributed by atoms with Crippen molar-refractivity contribution >= 4 is 8.80 Å². The fourth-order valence-corrected chi connectivity index (χ4v) is 3.67. The Morgan fingerprint density at radius 3 is 2.00 bits per heavy atom. The number of hydrogen-bond acceptors (Lipinski definition) is 0. The SMILES string of the molecule is CC[Si](CC)CCCCCC(C)C. The lowest BCUT2D eigenvalue weighted by molar-refractivity contribution is 0.534. The summed E-state index contributed by atoms with van der Waals surface area (Å²) < 4.78 is 0. The molecule has 0 heterocycles. The largest absolute Gasteiger partial charge is 0.0680 e. The van der Waals surface area contributed by atoms with E-state index in [2.05, 4.69) is 27.7 Å². The van der Waals surface area contributed by atoms with E-state index in [0.717, 1.165) is 5.92 Å². The normalized spacial score (nSPS) is 11.5. The summed E-state index contributed by atoms with van der Waals surface area (Å²) in [4.78, 5) is 0. The Morgan fingerprint density at radius 1 is 0.923 bits per heavy atom. The number of rotatable bonds is 8. The molecule has 0 amide bonds. The summed E-state index contributed by atoms with van der Waals surface area (Å²) in [5.41, 5.74) is 0. The zero-order valence-electron chi connectivity index (χ0n) is 10.0. The van der Waals surface area contributed by atoms with Crippen LogP contribution in [0.5, 0.6) is 0 Å². The molecular formula is C12H27Si. The van der Waals surface area contributed by atoms with Crippen molar-refractivity contribution in [3.8, 4) is 0 Å². The van der Waals surface area contributed by atoms with Gasteiger partial charge < -0.3 is 0 Å². The summed E-state index contributed by atoms with van der Waals surface area (Å²) in [6.07, 6.45) is 5.87. The van der Waals surface area contributed by atoms with E-state index in [1.165, 1.54) is 37.8 Å². The van der Waals surface area contributed by atoms with Crippen LogP contribution in [0.3, 0.4) is 0 Å². The Labute approximate surface area is 86.7 Å². The lowest BCUT2D eigenvalue weighted by Gasteiger charge is -2.09. The highest BCUT2D eigenvalue weighted by molar-refractivity contribution is 6.58. The van der Waals surface area contributed by atoms with Crippen LogP contribution in [-0.2, 0) is 0 Å². The van der Waals surface area contributed by atoms with Crippen LogP contribution in [0.1, 0.15) is 53.4 Å². The minimum atomic E-state index is 0.0762. The summed E-state index contributed by atoms with van der Waals surface area (Å²) in [7, 11) is 0.0762. The van der Waals surface area contributed by atoms with Crippen LogP contribution in [0.25, 0.3) is 0 Å². The third-order valence-corrected chi connectivity index (χ3v) is 5.87. The monoisotopic (exact) mass is 199 g/mol. The minimum absolute atomic E-state index is 0.0762. The maximum atomic E-state index is 2.37. The predicted octanol–water partition coefficient (Wildman–Crippen LogP) is 4.74. The molecule has 1 heteroatoms. The molecule has 0 saturated carbocycles. The van der Waals surface area contributed by atoms with Crippen molar-refractivity contribution < 1.29 is 0 Å². The zero-order valence-corrected chi connectivity index (χ0v) is 11.0. The first kappa shape index (κ1) is 13.2. The minimum Gasteiger partial charge on any atom is -0.0680 e. The van der Waals surface area contributed by atoms with Crippen LogP contribution in [0, 0.1) is 5.92 Å². The van der Waals surface area contributed by atoms with Gasteiger partial charge in [0.1, 0.15) is 0 Å². The second-order valence-corrected chi connectivity index (χ2v) is 7.86. The van der Waals surface area contributed by atoms with E-state index in [-0.39, 0.29) is 8.80 Å². The molecule has 1 radical (unpaired) electrons. The molecule has 0 bridgehead atoms. The smallest absolute Gasteiger partial charge is 0.0473 e. The molecule has 0 aliphatic heterocycles. The molecule has 0 unspecified atom stereocenters. The second-order valence-electron chi connectivity index (χ2n) is 4.45. The maximum absolute atomic E-state index is 2.37. The van der Waals surface area contributed by atoms with E-state index in [4.69, 9.17) is 0 Å². The number of unbranched alkanes of at least 4 members (excludes halogenated alkanes) is 2. The van der Waals surface area contributed by atoms with E-state index in [1.54, 1.807) is 6.04 Å². The van der Waals surface area contributed by atoms with E-state index >= 15 is 0 Å². The molecule has 0 aromatic carbocycles. The van der Waals surface area contributed by atoms with Crippen LogP contribution in [0.2, 0.25) is 18.1 Å². The van der Waals surface area contributed by atoms with E-state index in [9.17, 15) is 0 Å². The molecule has 0 aliphatic rings. The molecule has 0 spiro atoms. The molecule has 0 N–H and O–H groups in total. The first-order valence-corrected chi connectivity index (χ1v) is 8.16. The van der Waals surface area contributed by atoms with Gasteiger partial charge in [0.2, 0.25) is 0 Å². The van der Waals surface area contributed by atoms with Crippen molar-refractivity contribution in [1.82, 2.24) is 0 Å². The number of hydrogen-bond donors (Lipinski definition) is 0. The molecule has 0 aromatic heterocycles. The highest BCUT2D eigenvalue weighted by Crippen LogP contribution is 2.13. The van der Waals surface area contributed by atoms with Crippen molar-refractivity contribution in [2.45, 2.75) is 71.5 Å². The molecule has 79 valence electrons. The van der Waals surface area contributed by atoms with Crippen LogP contribution in [0.15, 0.2) is 0 Å². The second kappa shape index (κ2) is 8.80. The molecule has 0 aromatic rings. The van der Waals surface area contributed by atoms with Crippen LogP contribution >= 0.6 is 0 Å². The zero-order chi connectivity index (χ0) is 10.1. The van der Waals surface area contributed by atoms with Crippen molar-refractivity contribution in [1.29, 1.82) is 0 Å². The van der Waals surface area contributed by atoms with Gasteiger partial charge in [0.25, 0.3) is 0 Å². The quantitative estimate of drug-likeness (QED) is 0.391. The van der Waals surface area contributed by atoms with Gasteiger partial charge >= 0.3 is 0 Å². The maximum Gasteiger partial charge on any atom is 0.0473 e. The van der Waals surface area contributed by atoms with Crippen molar-refractivity contribution in [3.05, 3.63) is 0 Å². The Hall–Kier alpha value is 0.217. The Morgan fingerprint density at radius 2 is 1.54 bits per heavy atom. The summed E-state index contributed by atoms with van der Waals surface area (Å²) in [6, 6.07) is 4.52. The van der Waals surface area contributed by atoms with E-state index in [0.29, 0.717) is 0 Å². The highest BCUT2D eigenvalue weighted by atomic mass is 28.3. The Kier molecular flexibility index (Phi) is 8.95. The van der Waals surface area contributed by atoms with Crippen LogP contribution in [-0.4, -0.2) is 8.80 Å². The fourth-order valence-electron chi connectivity index (χ4n) is 1.71. The molecule has 0 atom stereocenters. The Balaban J connectivity index is 3.14. The standard InChI is InChI=1S/C12H27Si/c1-5-13(6-2)11-9-7-8-10-12(3)4/h12H,5-11H2,1-4H3. The van der Waals surface area contributed by atoms with E-state index in [1.807, 2.05) is 0 Å². The van der Waals surface area contributed by atoms with Crippen molar-refractivity contribution in [2.75, 3.05) is 0 Å². The molecule has 0 nitrogen and oxygen atoms in total. The van der Waals surface area contributed by atoms with Gasteiger partial charge in [-0.3, -0.25) is 0 Å². The first-order chi connectivity index (χ1) is 6.20. The summed E-state index contributed by atoms with van der Waals surface area (Å²) in [6.45, 7) is 9.39. The predicted molar refractivity (Wildman–Crippen MR) is 64.8 cm³/mol. The summed E-state index contributed by atoms with van der Waals surface area (Å²) in [5.74, 6) is 0.905. The van der Waals surface area contributed by atoms with Gasteiger partial charge in [0.05, 0.1) is 0 Å². The van der Waals surface area contributed by atoms with Gasteiger partial charge in [-0.05, 0) is 5.92 Å². The average molecular weight is 199 g/mol. The lowest BCUT2D eigenvalue weighted by atomic mass is 10.1. The van der Waals surface area contributed by atoms with Gasteiger partial charge in [0.15, 0.2) is 0 Å². The van der Waals surface area contributed by atoms with Gasteiger partial charge in [-0.2, -0.15) is 0 Å². The third kappa shape index (κ3) is 8.54.